The van der Waals surface area contributed by atoms with Crippen LogP contribution in [0.5, 0.6) is 0 Å². The maximum Gasteiger partial charge on any atom is 0.270 e. The van der Waals surface area contributed by atoms with Crippen molar-refractivity contribution in [1.29, 1.82) is 0 Å². The van der Waals surface area contributed by atoms with E-state index in [1.54, 1.807) is 16.8 Å². The van der Waals surface area contributed by atoms with E-state index in [2.05, 4.69) is 31.7 Å². The molecule has 2 aliphatic rings. The van der Waals surface area contributed by atoms with E-state index in [0.29, 0.717) is 26.6 Å². The van der Waals surface area contributed by atoms with Crippen molar-refractivity contribution in [3.8, 4) is 0 Å². The largest absolute Gasteiger partial charge is 0.323 e. The highest BCUT2D eigenvalue weighted by Crippen LogP contribution is 2.51. The first-order chi connectivity index (χ1) is 11.8. The maximum absolute atomic E-state index is 13.0. The number of hydrogen-bond acceptors (Lipinski definition) is 3. The van der Waals surface area contributed by atoms with E-state index in [-0.39, 0.29) is 23.9 Å². The van der Waals surface area contributed by atoms with Crippen LogP contribution in [0.25, 0.3) is 0 Å². The Kier molecular flexibility index (Phi) is 3.42. The van der Waals surface area contributed by atoms with Crippen molar-refractivity contribution in [2.75, 3.05) is 10.6 Å². The summed E-state index contributed by atoms with van der Waals surface area (Å²) in [6, 6.07) is 3.29. The summed E-state index contributed by atoms with van der Waals surface area (Å²) in [5.74, 6) is -0.430. The molecule has 1 spiro atoms. The molecule has 7 nitrogen and oxygen atoms in total. The van der Waals surface area contributed by atoms with Crippen molar-refractivity contribution < 1.29 is 9.59 Å². The summed E-state index contributed by atoms with van der Waals surface area (Å²) in [4.78, 5) is 38.1. The lowest BCUT2D eigenvalue weighted by Gasteiger charge is -2.31. The van der Waals surface area contributed by atoms with Gasteiger partial charge in [0.1, 0.15) is 11.2 Å². The summed E-state index contributed by atoms with van der Waals surface area (Å²) >= 11 is 9.64. The summed E-state index contributed by atoms with van der Waals surface area (Å²) in [5, 5.41) is 8.55. The number of carbonyl (C=O) groups is 2. The van der Waals surface area contributed by atoms with Crippen molar-refractivity contribution in [3.63, 3.8) is 0 Å². The molecule has 2 aromatic rings. The van der Waals surface area contributed by atoms with Crippen LogP contribution in [-0.2, 0) is 15.0 Å². The van der Waals surface area contributed by atoms with Gasteiger partial charge in [-0.05, 0) is 31.5 Å². The normalized spacial score (nSPS) is 21.3. The molecule has 2 amide bonds. The minimum Gasteiger partial charge on any atom is -0.323 e. The molecule has 0 saturated carbocycles. The molecule has 0 fully saturated rings. The van der Waals surface area contributed by atoms with Gasteiger partial charge in [-0.1, -0.05) is 27.5 Å². The number of amides is 2. The van der Waals surface area contributed by atoms with Gasteiger partial charge >= 0.3 is 0 Å². The topological polar surface area (TPSA) is 96.0 Å². The Hall–Kier alpha value is -2.06. The molecule has 9 heteroatoms. The number of aromatic nitrogens is 2. The lowest BCUT2D eigenvalue weighted by molar-refractivity contribution is -0.125. The van der Waals surface area contributed by atoms with Gasteiger partial charge in [-0.2, -0.15) is 0 Å². The van der Waals surface area contributed by atoms with E-state index in [9.17, 15) is 14.4 Å². The molecule has 130 valence electrons. The highest BCUT2D eigenvalue weighted by molar-refractivity contribution is 9.10. The summed E-state index contributed by atoms with van der Waals surface area (Å²) in [6.07, 6.45) is -0.156. The number of benzene rings is 1. The molecular formula is C16H14BrClN4O3. The van der Waals surface area contributed by atoms with E-state index in [0.717, 1.165) is 0 Å². The molecule has 1 unspecified atom stereocenters. The maximum atomic E-state index is 13.0. The molecule has 0 bridgehead atoms. The van der Waals surface area contributed by atoms with Crippen LogP contribution in [0.4, 0.5) is 11.5 Å². The Morgan fingerprint density at radius 2 is 1.96 bits per heavy atom. The Bertz CT molecular complexity index is 1010. The molecule has 1 atom stereocenters. The average Bonchev–Trinajstić information content (AvgIpc) is 2.97. The monoisotopic (exact) mass is 424 g/mol. The second-order valence-corrected chi connectivity index (χ2v) is 7.85. The van der Waals surface area contributed by atoms with E-state index < -0.39 is 16.9 Å². The molecule has 3 N–H and O–H groups in total. The first kappa shape index (κ1) is 16.4. The number of anilines is 2. The zero-order valence-electron chi connectivity index (χ0n) is 13.4. The van der Waals surface area contributed by atoms with Gasteiger partial charge in [0.05, 0.1) is 22.7 Å². The number of carbonyl (C=O) groups excluding carboxylic acids is 2. The minimum absolute atomic E-state index is 0.0954. The molecule has 0 radical (unpaired) electrons. The SMILES string of the molecule is CC(C)n1[nH]c(=O)c2c1NC(=O)CC21C(=O)Nc2c(Cl)cc(Br)cc21. The van der Waals surface area contributed by atoms with Crippen LogP contribution in [0, 0.1) is 0 Å². The second-order valence-electron chi connectivity index (χ2n) is 6.52. The lowest BCUT2D eigenvalue weighted by Crippen LogP contribution is -2.46. The summed E-state index contributed by atoms with van der Waals surface area (Å²) in [6.45, 7) is 3.75. The van der Waals surface area contributed by atoms with Gasteiger partial charge in [-0.25, -0.2) is 0 Å². The smallest absolute Gasteiger partial charge is 0.270 e. The van der Waals surface area contributed by atoms with Crippen LogP contribution in [0.15, 0.2) is 21.4 Å². The zero-order valence-corrected chi connectivity index (χ0v) is 15.7. The Morgan fingerprint density at radius 3 is 2.64 bits per heavy atom. The third-order valence-corrected chi connectivity index (χ3v) is 5.45. The van der Waals surface area contributed by atoms with Crippen molar-refractivity contribution >= 4 is 50.9 Å². The summed E-state index contributed by atoms with van der Waals surface area (Å²) in [5.41, 5.74) is -0.588. The lowest BCUT2D eigenvalue weighted by atomic mass is 9.71. The van der Waals surface area contributed by atoms with Gasteiger partial charge in [0.2, 0.25) is 11.8 Å². The molecule has 1 aromatic heterocycles. The summed E-state index contributed by atoms with van der Waals surface area (Å²) < 4.78 is 2.24. The molecule has 3 heterocycles. The second kappa shape index (κ2) is 5.22. The van der Waals surface area contributed by atoms with E-state index in [1.807, 2.05) is 13.8 Å². The van der Waals surface area contributed by atoms with Crippen molar-refractivity contribution in [1.82, 2.24) is 9.78 Å². The number of halogens is 2. The first-order valence-electron chi connectivity index (χ1n) is 7.71. The molecule has 25 heavy (non-hydrogen) atoms. The van der Waals surface area contributed by atoms with Crippen LogP contribution in [0.3, 0.4) is 0 Å². The fourth-order valence-electron chi connectivity index (χ4n) is 3.66. The van der Waals surface area contributed by atoms with Crippen LogP contribution >= 0.6 is 27.5 Å². The van der Waals surface area contributed by atoms with Crippen LogP contribution in [0.2, 0.25) is 5.02 Å². The fraction of sp³-hybridized carbons (Fsp3) is 0.312. The van der Waals surface area contributed by atoms with Gasteiger partial charge in [0.15, 0.2) is 0 Å². The molecule has 0 saturated heterocycles. The van der Waals surface area contributed by atoms with Crippen LogP contribution in [-0.4, -0.2) is 21.6 Å². The Labute approximate surface area is 155 Å². The number of fused-ring (bicyclic) bond motifs is 4. The number of H-pyrrole nitrogens is 1. The van der Waals surface area contributed by atoms with Gasteiger partial charge in [-0.15, -0.1) is 0 Å². The van der Waals surface area contributed by atoms with E-state index in [1.165, 1.54) is 0 Å². The minimum atomic E-state index is -1.39. The third-order valence-electron chi connectivity index (χ3n) is 4.69. The summed E-state index contributed by atoms with van der Waals surface area (Å²) in [7, 11) is 0. The third kappa shape index (κ3) is 2.07. The van der Waals surface area contributed by atoms with E-state index in [4.69, 9.17) is 11.6 Å². The zero-order chi connectivity index (χ0) is 18.1. The van der Waals surface area contributed by atoms with E-state index >= 15 is 0 Å². The standard InChI is InChI=1S/C16H14BrClN4O3/c1-6(2)22-13-11(14(24)21-22)16(5-10(23)19-13)8-3-7(17)4-9(18)12(8)20-15(16)25/h3-4,6H,5H2,1-2H3,(H,19,23)(H,20,25)(H,21,24). The fourth-order valence-corrected chi connectivity index (χ4v) is 4.52. The van der Waals surface area contributed by atoms with Gasteiger partial charge < -0.3 is 10.6 Å². The van der Waals surface area contributed by atoms with Crippen LogP contribution < -0.4 is 16.2 Å². The van der Waals surface area contributed by atoms with Crippen molar-refractivity contribution in [3.05, 3.63) is 43.1 Å². The molecule has 2 aliphatic heterocycles. The molecule has 4 rings (SSSR count). The Morgan fingerprint density at radius 1 is 1.24 bits per heavy atom. The van der Waals surface area contributed by atoms with Gasteiger partial charge in [0.25, 0.3) is 5.56 Å². The highest BCUT2D eigenvalue weighted by Gasteiger charge is 2.56. The molecule has 0 aliphatic carbocycles. The number of nitrogens with zero attached hydrogens (tertiary/aromatic N) is 1. The number of aromatic amines is 1. The molecule has 1 aromatic carbocycles. The Balaban J connectivity index is 2.11. The van der Waals surface area contributed by atoms with Crippen molar-refractivity contribution in [2.24, 2.45) is 0 Å². The van der Waals surface area contributed by atoms with Crippen molar-refractivity contribution in [2.45, 2.75) is 31.7 Å². The first-order valence-corrected chi connectivity index (χ1v) is 8.88. The van der Waals surface area contributed by atoms with Gasteiger partial charge in [-0.3, -0.25) is 24.2 Å². The quantitative estimate of drug-likeness (QED) is 0.655. The average molecular weight is 426 g/mol. The van der Waals surface area contributed by atoms with Crippen LogP contribution in [0.1, 0.15) is 37.4 Å². The predicted octanol–water partition coefficient (Wildman–Crippen LogP) is 2.75. The van der Waals surface area contributed by atoms with Gasteiger partial charge in [0, 0.05) is 10.5 Å². The molecular weight excluding hydrogens is 412 g/mol. The number of rotatable bonds is 1. The highest BCUT2D eigenvalue weighted by atomic mass is 79.9. The number of hydrogen-bond donors (Lipinski definition) is 3. The number of nitrogens with one attached hydrogen (secondary N) is 3. The predicted molar refractivity (Wildman–Crippen MR) is 97.2 cm³/mol.